The standard InChI is InChI=1S/C15H17F2NO4S/c1-21-12-4-2-3-11(14(12)22-15(16)17)5-6-13(19)18-7-9-23(20)10-8-18/h2-6,15H,7-10H2,1H3. The lowest BCUT2D eigenvalue weighted by Crippen LogP contribution is -2.40. The van der Waals surface area contributed by atoms with E-state index in [0.29, 0.717) is 30.2 Å². The lowest BCUT2D eigenvalue weighted by Gasteiger charge is -2.25. The van der Waals surface area contributed by atoms with E-state index in [0.717, 1.165) is 0 Å². The van der Waals surface area contributed by atoms with E-state index in [1.165, 1.54) is 25.3 Å². The molecule has 126 valence electrons. The molecule has 0 saturated carbocycles. The Balaban J connectivity index is 2.15. The van der Waals surface area contributed by atoms with Crippen molar-refractivity contribution in [2.75, 3.05) is 31.7 Å². The van der Waals surface area contributed by atoms with Gasteiger partial charge in [-0.1, -0.05) is 12.1 Å². The molecule has 0 aliphatic carbocycles. The minimum absolute atomic E-state index is 0.117. The second-order valence-corrected chi connectivity index (χ2v) is 6.46. The summed E-state index contributed by atoms with van der Waals surface area (Å²) in [5.74, 6) is 0.700. The van der Waals surface area contributed by atoms with Gasteiger partial charge in [-0.2, -0.15) is 8.78 Å². The number of para-hydroxylation sites is 1. The number of ether oxygens (including phenoxy) is 2. The molecule has 23 heavy (non-hydrogen) atoms. The van der Waals surface area contributed by atoms with Crippen LogP contribution in [-0.2, 0) is 15.6 Å². The summed E-state index contributed by atoms with van der Waals surface area (Å²) in [6.07, 6.45) is 2.70. The van der Waals surface area contributed by atoms with Crippen molar-refractivity contribution in [3.05, 3.63) is 29.8 Å². The Morgan fingerprint density at radius 1 is 1.35 bits per heavy atom. The Morgan fingerprint density at radius 2 is 2.04 bits per heavy atom. The molecule has 0 bridgehead atoms. The number of alkyl halides is 2. The molecule has 0 radical (unpaired) electrons. The molecule has 1 saturated heterocycles. The number of carbonyl (C=O) groups is 1. The van der Waals surface area contributed by atoms with Crippen LogP contribution < -0.4 is 9.47 Å². The highest BCUT2D eigenvalue weighted by atomic mass is 32.2. The fourth-order valence-corrected chi connectivity index (χ4v) is 3.22. The minimum atomic E-state index is -2.99. The highest BCUT2D eigenvalue weighted by Crippen LogP contribution is 2.33. The summed E-state index contributed by atoms with van der Waals surface area (Å²) in [6.45, 7) is -2.14. The third kappa shape index (κ3) is 4.75. The van der Waals surface area contributed by atoms with Gasteiger partial charge in [0.1, 0.15) is 0 Å². The molecule has 2 rings (SSSR count). The first-order valence-electron chi connectivity index (χ1n) is 6.95. The van der Waals surface area contributed by atoms with E-state index in [1.54, 1.807) is 17.0 Å². The topological polar surface area (TPSA) is 55.8 Å². The first kappa shape index (κ1) is 17.4. The Kier molecular flexibility index (Phi) is 6.09. The molecule has 1 aliphatic rings. The molecule has 1 aromatic rings. The van der Waals surface area contributed by atoms with Gasteiger partial charge < -0.3 is 14.4 Å². The van der Waals surface area contributed by atoms with Crippen molar-refractivity contribution in [2.24, 2.45) is 0 Å². The summed E-state index contributed by atoms with van der Waals surface area (Å²) >= 11 is 0. The van der Waals surface area contributed by atoms with Gasteiger partial charge in [-0.25, -0.2) is 0 Å². The number of amides is 1. The van der Waals surface area contributed by atoms with Crippen molar-refractivity contribution in [1.29, 1.82) is 0 Å². The maximum absolute atomic E-state index is 12.5. The van der Waals surface area contributed by atoms with Gasteiger partial charge in [0.2, 0.25) is 5.91 Å². The molecule has 0 N–H and O–H groups in total. The van der Waals surface area contributed by atoms with Crippen LogP contribution in [0.1, 0.15) is 5.56 Å². The summed E-state index contributed by atoms with van der Waals surface area (Å²) in [7, 11) is 0.477. The molecule has 1 fully saturated rings. The van der Waals surface area contributed by atoms with E-state index in [9.17, 15) is 17.8 Å². The molecule has 0 spiro atoms. The second kappa shape index (κ2) is 8.05. The number of rotatable bonds is 5. The Hall–Kier alpha value is -1.96. The van der Waals surface area contributed by atoms with Crippen LogP contribution in [0.15, 0.2) is 24.3 Å². The molecule has 8 heteroatoms. The number of halogens is 2. The van der Waals surface area contributed by atoms with Crippen LogP contribution in [-0.4, -0.2) is 53.3 Å². The molecule has 1 amide bonds. The molecule has 0 unspecified atom stereocenters. The molecule has 1 aliphatic heterocycles. The number of benzene rings is 1. The summed E-state index contributed by atoms with van der Waals surface area (Å²) in [5.41, 5.74) is 0.318. The van der Waals surface area contributed by atoms with Gasteiger partial charge >= 0.3 is 6.61 Å². The van der Waals surface area contributed by atoms with Gasteiger partial charge in [0.25, 0.3) is 0 Å². The van der Waals surface area contributed by atoms with Gasteiger partial charge in [-0.05, 0) is 12.1 Å². The quantitative estimate of drug-likeness (QED) is 0.765. The zero-order valence-electron chi connectivity index (χ0n) is 12.5. The highest BCUT2D eigenvalue weighted by Gasteiger charge is 2.19. The maximum Gasteiger partial charge on any atom is 0.387 e. The lowest BCUT2D eigenvalue weighted by molar-refractivity contribution is -0.125. The zero-order chi connectivity index (χ0) is 16.8. The van der Waals surface area contributed by atoms with Crippen LogP contribution in [0.5, 0.6) is 11.5 Å². The van der Waals surface area contributed by atoms with Crippen molar-refractivity contribution >= 4 is 22.8 Å². The average Bonchev–Trinajstić information content (AvgIpc) is 2.53. The normalized spacial score (nSPS) is 16.1. The maximum atomic E-state index is 12.5. The van der Waals surface area contributed by atoms with Crippen LogP contribution in [0, 0.1) is 0 Å². The van der Waals surface area contributed by atoms with E-state index < -0.39 is 17.4 Å². The first-order chi connectivity index (χ1) is 11.0. The van der Waals surface area contributed by atoms with Crippen molar-refractivity contribution in [1.82, 2.24) is 4.90 Å². The van der Waals surface area contributed by atoms with Crippen LogP contribution in [0.25, 0.3) is 6.08 Å². The molecule has 1 heterocycles. The molecular weight excluding hydrogens is 328 g/mol. The number of hydrogen-bond acceptors (Lipinski definition) is 4. The predicted molar refractivity (Wildman–Crippen MR) is 83.1 cm³/mol. The number of nitrogens with zero attached hydrogens (tertiary/aromatic N) is 1. The van der Waals surface area contributed by atoms with E-state index in [1.807, 2.05) is 0 Å². The Morgan fingerprint density at radius 3 is 2.65 bits per heavy atom. The van der Waals surface area contributed by atoms with E-state index in [-0.39, 0.29) is 17.4 Å². The van der Waals surface area contributed by atoms with Gasteiger partial charge in [0, 0.05) is 47.0 Å². The third-order valence-corrected chi connectivity index (χ3v) is 4.61. The number of hydrogen-bond donors (Lipinski definition) is 0. The van der Waals surface area contributed by atoms with Crippen LogP contribution in [0.3, 0.4) is 0 Å². The van der Waals surface area contributed by atoms with Crippen molar-refractivity contribution < 1.29 is 27.3 Å². The Labute approximate surface area is 135 Å². The molecule has 0 aromatic heterocycles. The van der Waals surface area contributed by atoms with Crippen LogP contribution in [0.2, 0.25) is 0 Å². The van der Waals surface area contributed by atoms with Crippen molar-refractivity contribution in [2.45, 2.75) is 6.61 Å². The summed E-state index contributed by atoms with van der Waals surface area (Å²) in [6, 6.07) is 4.66. The molecular formula is C15H17F2NO4S. The molecule has 1 aromatic carbocycles. The largest absolute Gasteiger partial charge is 0.493 e. The number of methoxy groups -OCH3 is 1. The van der Waals surface area contributed by atoms with Crippen molar-refractivity contribution in [3.8, 4) is 11.5 Å². The zero-order valence-corrected chi connectivity index (χ0v) is 13.4. The van der Waals surface area contributed by atoms with Gasteiger partial charge in [0.15, 0.2) is 11.5 Å². The van der Waals surface area contributed by atoms with Gasteiger partial charge in [0.05, 0.1) is 7.11 Å². The summed E-state index contributed by atoms with van der Waals surface area (Å²) in [4.78, 5) is 13.7. The van der Waals surface area contributed by atoms with Crippen LogP contribution >= 0.6 is 0 Å². The SMILES string of the molecule is COc1cccc(C=CC(=O)N2CCS(=O)CC2)c1OC(F)F. The molecule has 0 atom stereocenters. The predicted octanol–water partition coefficient (Wildman–Crippen LogP) is 1.90. The Bertz CT molecular complexity index is 611. The summed E-state index contributed by atoms with van der Waals surface area (Å²) < 4.78 is 45.8. The average molecular weight is 345 g/mol. The fraction of sp³-hybridized carbons (Fsp3) is 0.400. The highest BCUT2D eigenvalue weighted by molar-refractivity contribution is 7.85. The second-order valence-electron chi connectivity index (χ2n) is 4.76. The lowest BCUT2D eigenvalue weighted by atomic mass is 10.1. The monoisotopic (exact) mass is 345 g/mol. The smallest absolute Gasteiger partial charge is 0.387 e. The molecule has 5 nitrogen and oxygen atoms in total. The van der Waals surface area contributed by atoms with Crippen molar-refractivity contribution in [3.63, 3.8) is 0 Å². The minimum Gasteiger partial charge on any atom is -0.493 e. The van der Waals surface area contributed by atoms with Gasteiger partial charge in [-0.3, -0.25) is 9.00 Å². The van der Waals surface area contributed by atoms with Crippen LogP contribution in [0.4, 0.5) is 8.78 Å². The van der Waals surface area contributed by atoms with E-state index in [2.05, 4.69) is 4.74 Å². The fourth-order valence-electron chi connectivity index (χ4n) is 2.16. The summed E-state index contributed by atoms with van der Waals surface area (Å²) in [5, 5.41) is 0. The van der Waals surface area contributed by atoms with Gasteiger partial charge in [-0.15, -0.1) is 0 Å². The van der Waals surface area contributed by atoms with E-state index in [4.69, 9.17) is 4.74 Å². The third-order valence-electron chi connectivity index (χ3n) is 3.33. The van der Waals surface area contributed by atoms with E-state index >= 15 is 0 Å². The first-order valence-corrected chi connectivity index (χ1v) is 8.44. The number of carbonyl (C=O) groups excluding carboxylic acids is 1.